The van der Waals surface area contributed by atoms with E-state index in [4.69, 9.17) is 23.3 Å². The molecule has 0 spiro atoms. The maximum Gasteiger partial charge on any atom is 0.472 e. The summed E-state index contributed by atoms with van der Waals surface area (Å²) in [5, 5.41) is 9.74. The first-order valence-electron chi connectivity index (χ1n) is 25.8. The molecule has 0 saturated heterocycles. The molecule has 0 aliphatic heterocycles. The van der Waals surface area contributed by atoms with Crippen LogP contribution in [0.1, 0.15) is 213 Å². The molecule has 66 heavy (non-hydrogen) atoms. The first-order chi connectivity index (χ1) is 32.2. The van der Waals surface area contributed by atoms with Crippen LogP contribution in [0.2, 0.25) is 0 Å². The topological polar surface area (TPSA) is 155 Å². The molecule has 0 amide bonds. The van der Waals surface area contributed by atoms with Crippen molar-refractivity contribution in [2.75, 3.05) is 26.4 Å². The number of phosphoric acid groups is 1. The number of phosphoric ester groups is 1. The predicted molar refractivity (Wildman–Crippen MR) is 270 cm³/mol. The molecular formula is C54H93O11P. The highest BCUT2D eigenvalue weighted by molar-refractivity contribution is 7.47. The highest BCUT2D eigenvalue weighted by Crippen LogP contribution is 2.43. The van der Waals surface area contributed by atoms with Crippen molar-refractivity contribution in [2.45, 2.75) is 226 Å². The summed E-state index contributed by atoms with van der Waals surface area (Å²) in [7, 11) is -4.76. The van der Waals surface area contributed by atoms with E-state index in [9.17, 15) is 28.9 Å². The number of rotatable bonds is 47. The average molecular weight is 949 g/mol. The first kappa shape index (κ1) is 62.9. The maximum atomic E-state index is 12.8. The minimum atomic E-state index is -4.76. The third kappa shape index (κ3) is 46.0. The van der Waals surface area contributed by atoms with Gasteiger partial charge in [-0.15, -0.1) is 0 Å². The summed E-state index contributed by atoms with van der Waals surface area (Å²) < 4.78 is 39.2. The number of allylic oxidation sites excluding steroid dienone is 11. The minimum absolute atomic E-state index is 0.00798. The Balaban J connectivity index is 4.88. The Morgan fingerprint density at radius 2 is 0.833 bits per heavy atom. The molecule has 11 nitrogen and oxygen atoms in total. The van der Waals surface area contributed by atoms with Gasteiger partial charge in [0.25, 0.3) is 0 Å². The zero-order valence-corrected chi connectivity index (χ0v) is 42.5. The fourth-order valence-electron chi connectivity index (χ4n) is 6.72. The van der Waals surface area contributed by atoms with Gasteiger partial charge in [0.2, 0.25) is 0 Å². The Morgan fingerprint density at radius 3 is 1.27 bits per heavy atom. The molecule has 0 heterocycles. The van der Waals surface area contributed by atoms with E-state index in [0.717, 1.165) is 83.5 Å². The van der Waals surface area contributed by atoms with Crippen LogP contribution in [-0.4, -0.2) is 66.5 Å². The van der Waals surface area contributed by atoms with E-state index in [1.165, 1.54) is 70.6 Å². The third-order valence-corrected chi connectivity index (χ3v) is 11.6. The van der Waals surface area contributed by atoms with Gasteiger partial charge in [0.1, 0.15) is 12.7 Å². The zero-order chi connectivity index (χ0) is 48.4. The quantitative estimate of drug-likeness (QED) is 0.0197. The van der Waals surface area contributed by atoms with Crippen LogP contribution in [0.4, 0.5) is 0 Å². The lowest BCUT2D eigenvalue weighted by Gasteiger charge is -2.21. The van der Waals surface area contributed by atoms with Gasteiger partial charge in [0.05, 0.1) is 26.2 Å². The molecule has 3 atom stereocenters. The van der Waals surface area contributed by atoms with E-state index in [1.807, 2.05) is 12.2 Å². The van der Waals surface area contributed by atoms with Crippen LogP contribution in [-0.2, 0) is 42.2 Å². The molecule has 0 radical (unpaired) electrons. The Kier molecular flexibility index (Phi) is 46.1. The Hall–Kier alpha value is -3.08. The summed E-state index contributed by atoms with van der Waals surface area (Å²) in [6.07, 6.45) is 51.9. The van der Waals surface area contributed by atoms with Crippen LogP contribution >= 0.6 is 7.82 Å². The molecule has 0 aromatic heterocycles. The largest absolute Gasteiger partial charge is 0.472 e. The number of hydrogen-bond donors (Lipinski definition) is 2. The van der Waals surface area contributed by atoms with Gasteiger partial charge in [0.15, 0.2) is 6.10 Å². The lowest BCUT2D eigenvalue weighted by Crippen LogP contribution is -2.30. The van der Waals surface area contributed by atoms with Gasteiger partial charge >= 0.3 is 25.7 Å². The van der Waals surface area contributed by atoms with E-state index in [-0.39, 0.29) is 19.3 Å². The Morgan fingerprint density at radius 1 is 0.455 bits per heavy atom. The summed E-state index contributed by atoms with van der Waals surface area (Å²) in [6.45, 7) is 4.36. The number of aliphatic hydroxyl groups excluding tert-OH is 1. The molecule has 0 bridgehead atoms. The van der Waals surface area contributed by atoms with Crippen LogP contribution in [0.15, 0.2) is 72.9 Å². The van der Waals surface area contributed by atoms with Gasteiger partial charge in [-0.05, 0) is 70.6 Å². The van der Waals surface area contributed by atoms with Crippen molar-refractivity contribution in [3.63, 3.8) is 0 Å². The van der Waals surface area contributed by atoms with Gasteiger partial charge in [-0.25, -0.2) is 4.57 Å². The van der Waals surface area contributed by atoms with Gasteiger partial charge in [0, 0.05) is 12.8 Å². The highest BCUT2D eigenvalue weighted by Gasteiger charge is 2.28. The molecule has 12 heteroatoms. The Bertz CT molecular complexity index is 1390. The van der Waals surface area contributed by atoms with Crippen LogP contribution in [0.3, 0.4) is 0 Å². The van der Waals surface area contributed by atoms with E-state index >= 15 is 0 Å². The molecule has 0 aromatic carbocycles. The molecule has 0 saturated carbocycles. The molecule has 0 aliphatic rings. The van der Waals surface area contributed by atoms with Crippen LogP contribution in [0, 0.1) is 0 Å². The summed E-state index contributed by atoms with van der Waals surface area (Å²) in [4.78, 5) is 48.2. The van der Waals surface area contributed by atoms with Gasteiger partial charge in [-0.3, -0.25) is 23.4 Å². The van der Waals surface area contributed by atoms with Crippen LogP contribution in [0.5, 0.6) is 0 Å². The molecule has 0 aliphatic carbocycles. The molecule has 0 aromatic rings. The van der Waals surface area contributed by atoms with Crippen molar-refractivity contribution in [1.82, 2.24) is 0 Å². The number of hydrogen-bond acceptors (Lipinski definition) is 10. The molecule has 3 unspecified atom stereocenters. The van der Waals surface area contributed by atoms with Crippen LogP contribution in [0.25, 0.3) is 0 Å². The summed E-state index contributed by atoms with van der Waals surface area (Å²) >= 11 is 0. The summed E-state index contributed by atoms with van der Waals surface area (Å²) in [5.74, 6) is -1.63. The fourth-order valence-corrected chi connectivity index (χ4v) is 7.50. The second-order valence-electron chi connectivity index (χ2n) is 17.0. The number of unbranched alkanes of at least 4 members (excludes halogenated alkanes) is 19. The molecule has 380 valence electrons. The van der Waals surface area contributed by atoms with E-state index in [1.54, 1.807) is 6.08 Å². The minimum Gasteiger partial charge on any atom is -0.461 e. The van der Waals surface area contributed by atoms with E-state index < -0.39 is 64.4 Å². The summed E-state index contributed by atoms with van der Waals surface area (Å²) in [6, 6.07) is 0. The van der Waals surface area contributed by atoms with Gasteiger partial charge < -0.3 is 24.2 Å². The van der Waals surface area contributed by atoms with Gasteiger partial charge in [-0.2, -0.15) is 0 Å². The van der Waals surface area contributed by atoms with Crippen LogP contribution < -0.4 is 0 Å². The average Bonchev–Trinajstić information content (AvgIpc) is 3.30. The molecule has 0 fully saturated rings. The van der Waals surface area contributed by atoms with E-state index in [2.05, 4.69) is 75.5 Å². The normalized spacial score (nSPS) is 14.1. The number of esters is 3. The van der Waals surface area contributed by atoms with E-state index in [0.29, 0.717) is 19.3 Å². The molecular weight excluding hydrogens is 856 g/mol. The number of carbonyl (C=O) groups excluding carboxylic acids is 3. The lowest BCUT2D eigenvalue weighted by atomic mass is 10.1. The molecule has 0 rings (SSSR count). The highest BCUT2D eigenvalue weighted by atomic mass is 31.2. The lowest BCUT2D eigenvalue weighted by molar-refractivity contribution is -0.161. The van der Waals surface area contributed by atoms with Crippen molar-refractivity contribution in [2.24, 2.45) is 0 Å². The van der Waals surface area contributed by atoms with Crippen molar-refractivity contribution < 1.29 is 52.2 Å². The SMILES string of the molecule is CC/C=C\C/C=C\C/C=C\C/C=C\C/C=C\CC(=O)OCC(COP(=O)(O)OCC(CO)OC(=O)CCCCCCCCCCC)OC(=O)CCCCCCC/C=C\CCCCCCCC. The monoisotopic (exact) mass is 949 g/mol. The number of ether oxygens (including phenoxy) is 3. The summed E-state index contributed by atoms with van der Waals surface area (Å²) in [5.41, 5.74) is 0. The van der Waals surface area contributed by atoms with Crippen molar-refractivity contribution in [3.8, 4) is 0 Å². The first-order valence-corrected chi connectivity index (χ1v) is 27.3. The second-order valence-corrected chi connectivity index (χ2v) is 18.4. The maximum absolute atomic E-state index is 12.8. The number of aliphatic hydroxyl groups is 1. The van der Waals surface area contributed by atoms with Gasteiger partial charge in [-0.1, -0.05) is 196 Å². The Labute approximate surface area is 401 Å². The fraction of sp³-hybridized carbons (Fsp3) is 0.722. The predicted octanol–water partition coefficient (Wildman–Crippen LogP) is 14.6. The van der Waals surface area contributed by atoms with Crippen molar-refractivity contribution in [3.05, 3.63) is 72.9 Å². The van der Waals surface area contributed by atoms with Crippen molar-refractivity contribution in [1.29, 1.82) is 0 Å². The standard InChI is InChI=1S/C54H93O11P/c1-4-7-10-13-16-19-21-23-25-27-29-32-34-37-40-43-52(56)61-47-51(65-54(58)45-42-39-36-33-30-28-26-24-22-20-17-14-11-8-5-2)49-63-66(59,60)62-48-50(46-55)64-53(57)44-41-38-35-31-18-15-12-9-6-3/h7,10,16,19,23-26,29,32,37,40,50-51,55H,4-6,8-9,11-15,17-18,20-22,27-28,30-31,33-36,38-39,41-49H2,1-3H3,(H,59,60)/b10-7-,19-16-,25-23-,26-24-,32-29-,40-37-. The number of carbonyl (C=O) groups is 3. The second kappa shape index (κ2) is 48.4. The third-order valence-electron chi connectivity index (χ3n) is 10.6. The molecule has 2 N–H and O–H groups in total. The van der Waals surface area contributed by atoms with Crippen molar-refractivity contribution >= 4 is 25.7 Å². The zero-order valence-electron chi connectivity index (χ0n) is 41.6. The smallest absolute Gasteiger partial charge is 0.461 e.